The van der Waals surface area contributed by atoms with Crippen molar-refractivity contribution in [2.75, 3.05) is 5.73 Å². The minimum atomic E-state index is -0.517. The number of nitrogen functional groups attached to an aromatic ring is 2. The molecule has 7 nitrogen and oxygen atoms in total. The van der Waals surface area contributed by atoms with Gasteiger partial charge in [-0.25, -0.2) is 0 Å². The van der Waals surface area contributed by atoms with Crippen LogP contribution in [0.4, 0.5) is 5.69 Å². The Bertz CT molecular complexity index is 1280. The zero-order valence-corrected chi connectivity index (χ0v) is 17.1. The summed E-state index contributed by atoms with van der Waals surface area (Å²) in [5, 5.41) is 8.09. The first-order valence-electron chi connectivity index (χ1n) is 9.80. The summed E-state index contributed by atoms with van der Waals surface area (Å²) in [6, 6.07) is 23.5. The van der Waals surface area contributed by atoms with Crippen LogP contribution in [0.25, 0.3) is 22.4 Å². The molecule has 0 spiro atoms. The first-order valence-corrected chi connectivity index (χ1v) is 9.80. The van der Waals surface area contributed by atoms with Gasteiger partial charge < -0.3 is 21.9 Å². The predicted octanol–water partition coefficient (Wildman–Crippen LogP) is 4.17. The highest BCUT2D eigenvalue weighted by Crippen LogP contribution is 2.34. The first-order chi connectivity index (χ1) is 15.4. The van der Waals surface area contributed by atoms with Crippen LogP contribution in [0, 0.1) is 5.41 Å². The molecule has 0 saturated carbocycles. The Morgan fingerprint density at radius 1 is 0.812 bits per heavy atom. The molecule has 0 aliphatic heterocycles. The molecule has 1 amide bonds. The van der Waals surface area contributed by atoms with Gasteiger partial charge in [-0.15, -0.1) is 0 Å². The van der Waals surface area contributed by atoms with Gasteiger partial charge in [-0.3, -0.25) is 15.2 Å². The molecule has 7 N–H and O–H groups in total. The number of rotatable bonds is 6. The average Bonchev–Trinajstić information content (AvgIpc) is 2.80. The Labute approximate surface area is 185 Å². The highest BCUT2D eigenvalue weighted by molar-refractivity contribution is 6.08. The summed E-state index contributed by atoms with van der Waals surface area (Å²) >= 11 is 0. The number of carbonyl (C=O) groups is 1. The summed E-state index contributed by atoms with van der Waals surface area (Å²) in [5.41, 5.74) is 21.2. The second-order valence-electron chi connectivity index (χ2n) is 7.10. The number of primary amides is 1. The Hall–Kier alpha value is -4.65. The number of pyridine rings is 1. The van der Waals surface area contributed by atoms with Gasteiger partial charge in [0.05, 0.1) is 16.9 Å². The molecule has 0 unspecified atom stereocenters. The second kappa shape index (κ2) is 8.61. The van der Waals surface area contributed by atoms with Gasteiger partial charge in [-0.2, -0.15) is 0 Å². The van der Waals surface area contributed by atoms with E-state index in [1.54, 1.807) is 30.5 Å². The van der Waals surface area contributed by atoms with Crippen molar-refractivity contribution in [1.29, 1.82) is 5.41 Å². The van der Waals surface area contributed by atoms with Crippen molar-refractivity contribution in [3.05, 3.63) is 96.2 Å². The minimum absolute atomic E-state index is 0.167. The summed E-state index contributed by atoms with van der Waals surface area (Å²) in [5.74, 6) is 0.732. The molecule has 0 atom stereocenters. The maximum absolute atomic E-state index is 11.3. The number of aromatic nitrogens is 1. The zero-order valence-electron chi connectivity index (χ0n) is 17.1. The molecule has 7 heteroatoms. The van der Waals surface area contributed by atoms with Crippen molar-refractivity contribution in [1.82, 2.24) is 4.98 Å². The molecule has 1 aromatic heterocycles. The van der Waals surface area contributed by atoms with E-state index in [9.17, 15) is 4.79 Å². The van der Waals surface area contributed by atoms with Gasteiger partial charge in [-0.05, 0) is 42.0 Å². The topological polar surface area (TPSA) is 141 Å². The Balaban J connectivity index is 1.69. The average molecular weight is 423 g/mol. The van der Waals surface area contributed by atoms with Crippen LogP contribution in [-0.2, 0) is 0 Å². The summed E-state index contributed by atoms with van der Waals surface area (Å²) < 4.78 is 5.83. The van der Waals surface area contributed by atoms with Gasteiger partial charge in [0.25, 0.3) is 0 Å². The van der Waals surface area contributed by atoms with Crippen LogP contribution in [0.5, 0.6) is 11.5 Å². The van der Waals surface area contributed by atoms with E-state index in [-0.39, 0.29) is 11.5 Å². The lowest BCUT2D eigenvalue weighted by Crippen LogP contribution is -2.16. The van der Waals surface area contributed by atoms with Crippen molar-refractivity contribution in [3.63, 3.8) is 0 Å². The third-order valence-corrected chi connectivity index (χ3v) is 4.97. The Kier molecular flexibility index (Phi) is 5.55. The van der Waals surface area contributed by atoms with Crippen LogP contribution in [0.15, 0.2) is 85.1 Å². The molecule has 3 aromatic carbocycles. The number of anilines is 1. The molecule has 4 aromatic rings. The van der Waals surface area contributed by atoms with E-state index < -0.39 is 5.91 Å². The molecule has 32 heavy (non-hydrogen) atoms. The van der Waals surface area contributed by atoms with E-state index in [0.717, 1.165) is 11.3 Å². The lowest BCUT2D eigenvalue weighted by atomic mass is 9.96. The molecule has 0 bridgehead atoms. The van der Waals surface area contributed by atoms with Gasteiger partial charge in [0, 0.05) is 22.9 Å². The first kappa shape index (κ1) is 20.6. The van der Waals surface area contributed by atoms with Crippen LogP contribution >= 0.6 is 0 Å². The SMILES string of the molecule is N=C(N)c1c(-c2ccc(Oc3ccccc3)cc2)cnc(-c2ccc(C(N)=O)cc2)c1N. The van der Waals surface area contributed by atoms with Gasteiger partial charge in [0.2, 0.25) is 5.91 Å². The van der Waals surface area contributed by atoms with Crippen molar-refractivity contribution in [2.45, 2.75) is 0 Å². The van der Waals surface area contributed by atoms with E-state index >= 15 is 0 Å². The highest BCUT2D eigenvalue weighted by Gasteiger charge is 2.17. The Morgan fingerprint density at radius 3 is 2.00 bits per heavy atom. The largest absolute Gasteiger partial charge is 0.457 e. The number of ether oxygens (including phenoxy) is 1. The van der Waals surface area contributed by atoms with E-state index in [1.807, 2.05) is 54.6 Å². The number of benzene rings is 3. The standard InChI is InChI=1S/C25H21N5O2/c26-22-21(24(27)28)20(14-30-23(22)16-6-8-17(9-7-16)25(29)31)15-10-12-19(13-11-15)32-18-4-2-1-3-5-18/h1-14H,26H2,(H3,27,28)(H2,29,31). The normalized spacial score (nSPS) is 10.5. The van der Waals surface area contributed by atoms with Gasteiger partial charge in [0.1, 0.15) is 17.3 Å². The lowest BCUT2D eigenvalue weighted by Gasteiger charge is -2.15. The molecular formula is C25H21N5O2. The summed E-state index contributed by atoms with van der Waals surface area (Å²) in [4.78, 5) is 15.8. The summed E-state index contributed by atoms with van der Waals surface area (Å²) in [6.07, 6.45) is 1.64. The van der Waals surface area contributed by atoms with E-state index in [4.69, 9.17) is 27.3 Å². The van der Waals surface area contributed by atoms with Crippen molar-refractivity contribution in [2.24, 2.45) is 11.5 Å². The van der Waals surface area contributed by atoms with Crippen molar-refractivity contribution >= 4 is 17.4 Å². The molecule has 0 fully saturated rings. The maximum Gasteiger partial charge on any atom is 0.248 e. The number of nitrogens with two attached hydrogens (primary N) is 3. The predicted molar refractivity (Wildman–Crippen MR) is 126 cm³/mol. The van der Waals surface area contributed by atoms with E-state index in [0.29, 0.717) is 33.7 Å². The molecule has 0 radical (unpaired) electrons. The lowest BCUT2D eigenvalue weighted by molar-refractivity contribution is 0.100. The molecule has 4 rings (SSSR count). The number of carbonyl (C=O) groups excluding carboxylic acids is 1. The summed E-state index contributed by atoms with van der Waals surface area (Å²) in [7, 11) is 0. The molecule has 0 aliphatic rings. The summed E-state index contributed by atoms with van der Waals surface area (Å²) in [6.45, 7) is 0. The van der Waals surface area contributed by atoms with E-state index in [2.05, 4.69) is 4.98 Å². The van der Waals surface area contributed by atoms with Crippen LogP contribution in [-0.4, -0.2) is 16.7 Å². The smallest absolute Gasteiger partial charge is 0.248 e. The fourth-order valence-corrected chi connectivity index (χ4v) is 3.39. The van der Waals surface area contributed by atoms with Gasteiger partial charge in [0.15, 0.2) is 0 Å². The van der Waals surface area contributed by atoms with Crippen LogP contribution in [0.2, 0.25) is 0 Å². The molecular weight excluding hydrogens is 402 g/mol. The number of amidine groups is 1. The molecule has 0 aliphatic carbocycles. The van der Waals surface area contributed by atoms with E-state index in [1.165, 1.54) is 0 Å². The van der Waals surface area contributed by atoms with Crippen LogP contribution in [0.1, 0.15) is 15.9 Å². The number of hydrogen-bond acceptors (Lipinski definition) is 5. The minimum Gasteiger partial charge on any atom is -0.457 e. The monoisotopic (exact) mass is 423 g/mol. The van der Waals surface area contributed by atoms with Crippen molar-refractivity contribution in [3.8, 4) is 33.9 Å². The molecule has 0 saturated heterocycles. The Morgan fingerprint density at radius 2 is 1.41 bits per heavy atom. The fraction of sp³-hybridized carbons (Fsp3) is 0. The van der Waals surface area contributed by atoms with Crippen molar-refractivity contribution < 1.29 is 9.53 Å². The quantitative estimate of drug-likeness (QED) is 0.272. The van der Waals surface area contributed by atoms with Crippen LogP contribution in [0.3, 0.4) is 0 Å². The third kappa shape index (κ3) is 4.13. The third-order valence-electron chi connectivity index (χ3n) is 4.97. The van der Waals surface area contributed by atoms with Crippen LogP contribution < -0.4 is 21.9 Å². The zero-order chi connectivity index (χ0) is 22.7. The number of nitrogens with one attached hydrogen (secondary N) is 1. The van der Waals surface area contributed by atoms with Gasteiger partial charge >= 0.3 is 0 Å². The van der Waals surface area contributed by atoms with Gasteiger partial charge in [-0.1, -0.05) is 42.5 Å². The fourth-order valence-electron chi connectivity index (χ4n) is 3.39. The number of nitrogens with zero attached hydrogens (tertiary/aromatic N) is 1. The maximum atomic E-state index is 11.3. The number of para-hydroxylation sites is 1. The number of hydrogen-bond donors (Lipinski definition) is 4. The molecule has 158 valence electrons. The molecule has 1 heterocycles. The second-order valence-corrected chi connectivity index (χ2v) is 7.10. The number of amides is 1. The highest BCUT2D eigenvalue weighted by atomic mass is 16.5.